The minimum atomic E-state index is -0.175. The van der Waals surface area contributed by atoms with Gasteiger partial charge in [0.05, 0.1) is 17.3 Å². The molecule has 0 unspecified atom stereocenters. The molecule has 1 aliphatic heterocycles. The van der Waals surface area contributed by atoms with Crippen LogP contribution >= 0.6 is 11.3 Å². The van der Waals surface area contributed by atoms with Crippen molar-refractivity contribution in [1.29, 1.82) is 0 Å². The van der Waals surface area contributed by atoms with Crippen LogP contribution in [0.1, 0.15) is 45.9 Å². The van der Waals surface area contributed by atoms with Crippen LogP contribution in [0.4, 0.5) is 17.3 Å². The van der Waals surface area contributed by atoms with E-state index in [4.69, 9.17) is 4.63 Å². The second-order valence-corrected chi connectivity index (χ2v) is 8.98. The fraction of sp³-hybridized carbons (Fsp3) is 0.318. The van der Waals surface area contributed by atoms with E-state index >= 15 is 0 Å². The summed E-state index contributed by atoms with van der Waals surface area (Å²) in [6, 6.07) is 8.95. The van der Waals surface area contributed by atoms with E-state index in [-0.39, 0.29) is 23.3 Å². The predicted molar refractivity (Wildman–Crippen MR) is 121 cm³/mol. The number of thiophene rings is 1. The molecular weight excluding hydrogens is 414 g/mol. The summed E-state index contributed by atoms with van der Waals surface area (Å²) in [5.74, 6) is 0.389. The zero-order valence-electron chi connectivity index (χ0n) is 17.5. The average molecular weight is 440 g/mol. The molecule has 162 valence electrons. The number of hydrogen-bond acceptors (Lipinski definition) is 8. The van der Waals surface area contributed by atoms with Crippen molar-refractivity contribution in [3.05, 3.63) is 57.8 Å². The van der Waals surface area contributed by atoms with Gasteiger partial charge < -0.3 is 20.6 Å². The van der Waals surface area contributed by atoms with Crippen LogP contribution in [0.2, 0.25) is 0 Å². The first-order valence-corrected chi connectivity index (χ1v) is 10.9. The minimum absolute atomic E-state index is 0.126. The van der Waals surface area contributed by atoms with Crippen molar-refractivity contribution in [1.82, 2.24) is 15.2 Å². The van der Waals surface area contributed by atoms with E-state index in [0.29, 0.717) is 30.4 Å². The van der Waals surface area contributed by atoms with Crippen LogP contribution < -0.4 is 10.6 Å². The molecule has 3 heterocycles. The molecule has 9 heteroatoms. The van der Waals surface area contributed by atoms with Gasteiger partial charge in [-0.25, -0.2) is 4.63 Å². The molecule has 3 aromatic rings. The molecule has 0 bridgehead atoms. The largest absolute Gasteiger partial charge is 0.505 e. The lowest BCUT2D eigenvalue weighted by Gasteiger charge is -2.18. The number of aryl methyl sites for hydroxylation is 1. The summed E-state index contributed by atoms with van der Waals surface area (Å²) in [6.45, 7) is 9.49. The lowest BCUT2D eigenvalue weighted by Crippen LogP contribution is -2.27. The number of rotatable bonds is 7. The summed E-state index contributed by atoms with van der Waals surface area (Å²) in [6.07, 6.45) is 1.97. The molecule has 0 aliphatic carbocycles. The number of amides is 1. The summed E-state index contributed by atoms with van der Waals surface area (Å²) in [4.78, 5) is 16.8. The van der Waals surface area contributed by atoms with Crippen molar-refractivity contribution in [2.24, 2.45) is 0 Å². The lowest BCUT2D eigenvalue weighted by molar-refractivity contribution is 0.0790. The topological polar surface area (TPSA) is 104 Å². The van der Waals surface area contributed by atoms with E-state index in [9.17, 15) is 9.90 Å². The van der Waals surface area contributed by atoms with Crippen molar-refractivity contribution < 1.29 is 14.5 Å². The number of phenols is 1. The van der Waals surface area contributed by atoms with Gasteiger partial charge in [-0.2, -0.15) is 0 Å². The van der Waals surface area contributed by atoms with Gasteiger partial charge in [-0.1, -0.05) is 18.2 Å². The summed E-state index contributed by atoms with van der Waals surface area (Å²) in [7, 11) is 0. The normalized spacial score (nSPS) is 14.5. The first kappa shape index (κ1) is 20.9. The first-order valence-electron chi connectivity index (χ1n) is 10.1. The average Bonchev–Trinajstić information content (AvgIpc) is 3.49. The lowest BCUT2D eigenvalue weighted by atomic mass is 10.1. The molecule has 4 rings (SSSR count). The second-order valence-electron chi connectivity index (χ2n) is 7.66. The zero-order valence-corrected chi connectivity index (χ0v) is 18.3. The van der Waals surface area contributed by atoms with Gasteiger partial charge in [0, 0.05) is 22.8 Å². The molecule has 0 spiro atoms. The number of likely N-dealkylation sites (tertiary alicyclic amines) is 1. The Morgan fingerprint density at radius 2 is 1.97 bits per heavy atom. The molecule has 3 N–H and O–H groups in total. The Balaban J connectivity index is 1.56. The maximum absolute atomic E-state index is 12.7. The van der Waals surface area contributed by atoms with Gasteiger partial charge in [0.2, 0.25) is 11.6 Å². The van der Waals surface area contributed by atoms with Gasteiger partial charge in [0.25, 0.3) is 5.91 Å². The molecule has 1 aliphatic rings. The molecule has 1 saturated heterocycles. The third-order valence-electron chi connectivity index (χ3n) is 5.22. The highest BCUT2D eigenvalue weighted by atomic mass is 32.1. The molecule has 1 aromatic carbocycles. The Kier molecular flexibility index (Phi) is 5.94. The second kappa shape index (κ2) is 8.81. The number of carbonyl (C=O) groups is 1. The number of para-hydroxylation sites is 1. The van der Waals surface area contributed by atoms with Gasteiger partial charge in [0.15, 0.2) is 5.75 Å². The highest BCUT2D eigenvalue weighted by molar-refractivity contribution is 7.12. The minimum Gasteiger partial charge on any atom is -0.505 e. The summed E-state index contributed by atoms with van der Waals surface area (Å²) in [5, 5.41) is 25.0. The molecule has 1 atom stereocenters. The Morgan fingerprint density at radius 3 is 2.65 bits per heavy atom. The van der Waals surface area contributed by atoms with E-state index < -0.39 is 0 Å². The number of phenolic OH excluding ortho intramolecular Hbond substituents is 1. The molecule has 1 fully saturated rings. The van der Waals surface area contributed by atoms with Gasteiger partial charge >= 0.3 is 0 Å². The molecule has 31 heavy (non-hydrogen) atoms. The monoisotopic (exact) mass is 439 g/mol. The number of nitrogens with one attached hydrogen (secondary N) is 2. The standard InChI is InChI=1S/C22H25N5O3S/c1-13(2)18(17-10-9-14(3)31-17)24-21-20(25-30-26-21)23-16-8-6-7-15(19(16)28)22(29)27-11-4-5-12-27/h6-10,18,28H,1,4-5,11-12H2,2-3H3,(H,23,25)(H,24,26)/t18-/m1/s1. The van der Waals surface area contributed by atoms with Crippen LogP contribution in [0.15, 0.2) is 47.1 Å². The summed E-state index contributed by atoms with van der Waals surface area (Å²) >= 11 is 1.67. The van der Waals surface area contributed by atoms with E-state index in [0.717, 1.165) is 23.3 Å². The van der Waals surface area contributed by atoms with Gasteiger partial charge in [-0.15, -0.1) is 11.3 Å². The Hall–Kier alpha value is -3.33. The molecule has 0 radical (unpaired) electrons. The molecular formula is C22H25N5O3S. The molecule has 0 saturated carbocycles. The number of carbonyl (C=O) groups excluding carboxylic acids is 1. The van der Waals surface area contributed by atoms with Crippen molar-refractivity contribution in [2.75, 3.05) is 23.7 Å². The van der Waals surface area contributed by atoms with Crippen molar-refractivity contribution >= 4 is 34.6 Å². The zero-order chi connectivity index (χ0) is 22.0. The number of benzene rings is 1. The van der Waals surface area contributed by atoms with Crippen molar-refractivity contribution in [2.45, 2.75) is 32.7 Å². The van der Waals surface area contributed by atoms with Crippen LogP contribution in [-0.4, -0.2) is 39.3 Å². The SMILES string of the molecule is C=C(C)[C@@H](Nc1nonc1Nc1cccc(C(=O)N2CCCC2)c1O)c1ccc(C)s1. The molecule has 8 nitrogen and oxygen atoms in total. The predicted octanol–water partition coefficient (Wildman–Crippen LogP) is 4.85. The summed E-state index contributed by atoms with van der Waals surface area (Å²) in [5.41, 5.74) is 1.52. The van der Waals surface area contributed by atoms with E-state index in [1.54, 1.807) is 34.4 Å². The Morgan fingerprint density at radius 1 is 1.23 bits per heavy atom. The number of aromatic hydroxyl groups is 1. The van der Waals surface area contributed by atoms with Crippen LogP contribution in [0.25, 0.3) is 0 Å². The van der Waals surface area contributed by atoms with Gasteiger partial charge in [-0.05, 0) is 61.3 Å². The van der Waals surface area contributed by atoms with Crippen molar-refractivity contribution in [3.8, 4) is 5.75 Å². The maximum Gasteiger partial charge on any atom is 0.257 e. The number of anilines is 3. The highest BCUT2D eigenvalue weighted by Crippen LogP contribution is 2.35. The third kappa shape index (κ3) is 4.41. The van der Waals surface area contributed by atoms with Crippen LogP contribution in [0.5, 0.6) is 5.75 Å². The van der Waals surface area contributed by atoms with Gasteiger partial charge in [0.1, 0.15) is 0 Å². The van der Waals surface area contributed by atoms with Crippen molar-refractivity contribution in [3.63, 3.8) is 0 Å². The van der Waals surface area contributed by atoms with Crippen LogP contribution in [0.3, 0.4) is 0 Å². The van der Waals surface area contributed by atoms with Gasteiger partial charge in [-0.3, -0.25) is 4.79 Å². The third-order valence-corrected chi connectivity index (χ3v) is 6.29. The Labute approximate surface area is 184 Å². The molecule has 2 aromatic heterocycles. The van der Waals surface area contributed by atoms with E-state index in [1.165, 1.54) is 4.88 Å². The smallest absolute Gasteiger partial charge is 0.257 e. The first-order chi connectivity index (χ1) is 14.9. The number of hydrogen-bond donors (Lipinski definition) is 3. The fourth-order valence-corrected chi connectivity index (χ4v) is 4.60. The quantitative estimate of drug-likeness (QED) is 0.357. The molecule has 1 amide bonds. The van der Waals surface area contributed by atoms with E-state index in [1.807, 2.05) is 19.9 Å². The van der Waals surface area contributed by atoms with E-state index in [2.05, 4.69) is 33.6 Å². The highest BCUT2D eigenvalue weighted by Gasteiger charge is 2.24. The number of aromatic nitrogens is 2. The Bertz CT molecular complexity index is 1100. The fourth-order valence-electron chi connectivity index (χ4n) is 3.58. The van der Waals surface area contributed by atoms with Crippen LogP contribution in [0, 0.1) is 6.92 Å². The van der Waals surface area contributed by atoms with Crippen LogP contribution in [-0.2, 0) is 0 Å². The maximum atomic E-state index is 12.7. The summed E-state index contributed by atoms with van der Waals surface area (Å²) < 4.78 is 4.93. The number of nitrogens with zero attached hydrogens (tertiary/aromatic N) is 3.